The molecular weight excluding hydrogens is 311 g/mol. The number of nitrogens with one attached hydrogen (secondary N) is 1. The first-order valence-corrected chi connectivity index (χ1v) is 7.37. The van der Waals surface area contributed by atoms with Gasteiger partial charge in [0.2, 0.25) is 11.8 Å². The van der Waals surface area contributed by atoms with E-state index in [2.05, 4.69) is 5.32 Å². The normalized spacial score (nSPS) is 19.1. The van der Waals surface area contributed by atoms with Gasteiger partial charge >= 0.3 is 5.97 Å². The summed E-state index contributed by atoms with van der Waals surface area (Å²) in [4.78, 5) is 23.5. The van der Waals surface area contributed by atoms with E-state index < -0.39 is 35.6 Å². The van der Waals surface area contributed by atoms with Crippen LogP contribution in [0.3, 0.4) is 0 Å². The van der Waals surface area contributed by atoms with Crippen molar-refractivity contribution in [3.63, 3.8) is 0 Å². The molecule has 1 amide bonds. The Labute approximate surface area is 131 Å². The van der Waals surface area contributed by atoms with Gasteiger partial charge in [-0.3, -0.25) is 4.79 Å². The molecule has 1 saturated carbocycles. The molecule has 1 aliphatic carbocycles. The van der Waals surface area contributed by atoms with E-state index in [0.717, 1.165) is 6.07 Å². The Morgan fingerprint density at radius 2 is 1.91 bits per heavy atom. The Hall–Kier alpha value is -2.05. The molecule has 0 aliphatic heterocycles. The second kappa shape index (κ2) is 6.60. The van der Waals surface area contributed by atoms with E-state index in [-0.39, 0.29) is 36.8 Å². The standard InChI is InChI=1S/C16H18F3NO3/c1-9-8-11(2-3-12(9)17)13(15(22)23)20-14(21)10-4-6-16(18,19)7-5-10/h2-3,8,10,13H,4-7H2,1H3,(H,20,21)(H,22,23). The number of rotatable bonds is 4. The Bertz CT molecular complexity index is 609. The minimum absolute atomic E-state index is 0.0214. The van der Waals surface area contributed by atoms with Crippen LogP contribution in [0.2, 0.25) is 0 Å². The molecule has 1 aliphatic rings. The number of carbonyl (C=O) groups is 2. The largest absolute Gasteiger partial charge is 0.479 e. The van der Waals surface area contributed by atoms with Crippen LogP contribution in [0.1, 0.15) is 42.9 Å². The number of halogens is 3. The Morgan fingerprint density at radius 1 is 1.30 bits per heavy atom. The van der Waals surface area contributed by atoms with Crippen molar-refractivity contribution in [2.45, 2.75) is 44.6 Å². The summed E-state index contributed by atoms with van der Waals surface area (Å²) in [6.45, 7) is 1.49. The molecule has 126 valence electrons. The number of hydrogen-bond donors (Lipinski definition) is 2. The average molecular weight is 329 g/mol. The lowest BCUT2D eigenvalue weighted by molar-refractivity contribution is -0.143. The predicted molar refractivity (Wildman–Crippen MR) is 76.6 cm³/mol. The highest BCUT2D eigenvalue weighted by atomic mass is 19.3. The molecule has 1 aromatic carbocycles. The molecule has 0 spiro atoms. The van der Waals surface area contributed by atoms with Crippen molar-refractivity contribution in [3.05, 3.63) is 35.1 Å². The highest BCUT2D eigenvalue weighted by molar-refractivity contribution is 5.86. The lowest BCUT2D eigenvalue weighted by Gasteiger charge is -2.28. The summed E-state index contributed by atoms with van der Waals surface area (Å²) < 4.78 is 39.5. The van der Waals surface area contributed by atoms with E-state index in [4.69, 9.17) is 0 Å². The lowest BCUT2D eigenvalue weighted by atomic mass is 9.86. The van der Waals surface area contributed by atoms with E-state index in [1.807, 2.05) is 0 Å². The van der Waals surface area contributed by atoms with Crippen LogP contribution < -0.4 is 5.32 Å². The predicted octanol–water partition coefficient (Wildman–Crippen LogP) is 3.20. The second-order valence-corrected chi connectivity index (χ2v) is 5.92. The first kappa shape index (κ1) is 17.3. The molecule has 0 saturated heterocycles. The van der Waals surface area contributed by atoms with Crippen LogP contribution in [-0.4, -0.2) is 22.9 Å². The molecule has 1 fully saturated rings. The van der Waals surface area contributed by atoms with E-state index in [1.165, 1.54) is 19.1 Å². The summed E-state index contributed by atoms with van der Waals surface area (Å²) in [7, 11) is 0. The quantitative estimate of drug-likeness (QED) is 0.891. The Morgan fingerprint density at radius 3 is 2.43 bits per heavy atom. The number of carbonyl (C=O) groups excluding carboxylic acids is 1. The summed E-state index contributed by atoms with van der Waals surface area (Å²) >= 11 is 0. The Balaban J connectivity index is 2.09. The molecule has 0 heterocycles. The van der Waals surface area contributed by atoms with Crippen molar-refractivity contribution < 1.29 is 27.9 Å². The van der Waals surface area contributed by atoms with Gasteiger partial charge < -0.3 is 10.4 Å². The van der Waals surface area contributed by atoms with Gasteiger partial charge in [-0.05, 0) is 37.0 Å². The van der Waals surface area contributed by atoms with Gasteiger partial charge in [-0.1, -0.05) is 12.1 Å². The first-order valence-electron chi connectivity index (χ1n) is 7.37. The fourth-order valence-corrected chi connectivity index (χ4v) is 2.70. The maximum absolute atomic E-state index is 13.3. The highest BCUT2D eigenvalue weighted by Gasteiger charge is 2.38. The number of benzene rings is 1. The summed E-state index contributed by atoms with van der Waals surface area (Å²) in [6.07, 6.45) is -0.710. The third-order valence-corrected chi connectivity index (χ3v) is 4.14. The number of aryl methyl sites for hydroxylation is 1. The third-order valence-electron chi connectivity index (χ3n) is 4.14. The van der Waals surface area contributed by atoms with Crippen molar-refractivity contribution >= 4 is 11.9 Å². The number of amides is 1. The molecule has 4 nitrogen and oxygen atoms in total. The SMILES string of the molecule is Cc1cc(C(NC(=O)C2CCC(F)(F)CC2)C(=O)O)ccc1F. The minimum Gasteiger partial charge on any atom is -0.479 e. The molecular formula is C16H18F3NO3. The maximum Gasteiger partial charge on any atom is 0.330 e. The fraction of sp³-hybridized carbons (Fsp3) is 0.500. The number of carboxylic acid groups (broad SMARTS) is 1. The van der Waals surface area contributed by atoms with E-state index in [1.54, 1.807) is 0 Å². The van der Waals surface area contributed by atoms with Crippen LogP contribution in [0.4, 0.5) is 13.2 Å². The summed E-state index contributed by atoms with van der Waals surface area (Å²) in [6, 6.07) is 2.44. The molecule has 0 radical (unpaired) electrons. The van der Waals surface area contributed by atoms with Crippen LogP contribution in [0.25, 0.3) is 0 Å². The first-order chi connectivity index (χ1) is 10.7. The second-order valence-electron chi connectivity index (χ2n) is 5.92. The van der Waals surface area contributed by atoms with Crippen molar-refractivity contribution in [3.8, 4) is 0 Å². The van der Waals surface area contributed by atoms with Gasteiger partial charge in [-0.2, -0.15) is 0 Å². The lowest BCUT2D eigenvalue weighted by Crippen LogP contribution is -2.40. The fourth-order valence-electron chi connectivity index (χ4n) is 2.70. The van der Waals surface area contributed by atoms with Crippen LogP contribution >= 0.6 is 0 Å². The van der Waals surface area contributed by atoms with Crippen LogP contribution in [0.15, 0.2) is 18.2 Å². The van der Waals surface area contributed by atoms with Gasteiger partial charge in [-0.15, -0.1) is 0 Å². The zero-order valence-corrected chi connectivity index (χ0v) is 12.6. The molecule has 1 atom stereocenters. The van der Waals surface area contributed by atoms with Gasteiger partial charge in [0.15, 0.2) is 6.04 Å². The van der Waals surface area contributed by atoms with Crippen molar-refractivity contribution in [2.75, 3.05) is 0 Å². The van der Waals surface area contributed by atoms with Crippen molar-refractivity contribution in [1.82, 2.24) is 5.32 Å². The summed E-state index contributed by atoms with van der Waals surface area (Å²) in [5.41, 5.74) is 0.506. The van der Waals surface area contributed by atoms with Gasteiger partial charge in [-0.25, -0.2) is 18.0 Å². The monoisotopic (exact) mass is 329 g/mol. The zero-order chi connectivity index (χ0) is 17.2. The van der Waals surface area contributed by atoms with Crippen molar-refractivity contribution in [2.24, 2.45) is 5.92 Å². The zero-order valence-electron chi connectivity index (χ0n) is 12.6. The summed E-state index contributed by atoms with van der Waals surface area (Å²) in [5, 5.41) is 11.7. The number of aliphatic carboxylic acids is 1. The Kier molecular flexibility index (Phi) is 4.97. The van der Waals surface area contributed by atoms with Gasteiger partial charge in [0.25, 0.3) is 0 Å². The van der Waals surface area contributed by atoms with Crippen LogP contribution in [-0.2, 0) is 9.59 Å². The molecule has 7 heteroatoms. The van der Waals surface area contributed by atoms with E-state index >= 15 is 0 Å². The molecule has 23 heavy (non-hydrogen) atoms. The number of alkyl halides is 2. The molecule has 2 rings (SSSR count). The minimum atomic E-state index is -2.75. The topological polar surface area (TPSA) is 66.4 Å². The van der Waals surface area contributed by atoms with Crippen LogP contribution in [0.5, 0.6) is 0 Å². The van der Waals surface area contributed by atoms with Gasteiger partial charge in [0.05, 0.1) is 0 Å². The van der Waals surface area contributed by atoms with Gasteiger partial charge in [0, 0.05) is 18.8 Å². The third kappa shape index (κ3) is 4.24. The smallest absolute Gasteiger partial charge is 0.330 e. The van der Waals surface area contributed by atoms with Crippen LogP contribution in [0, 0.1) is 18.7 Å². The molecule has 0 aromatic heterocycles. The maximum atomic E-state index is 13.3. The van der Waals surface area contributed by atoms with Crippen molar-refractivity contribution in [1.29, 1.82) is 0 Å². The van der Waals surface area contributed by atoms with Gasteiger partial charge in [0.1, 0.15) is 5.82 Å². The molecule has 2 N–H and O–H groups in total. The molecule has 1 unspecified atom stereocenters. The number of carboxylic acids is 1. The average Bonchev–Trinajstić information content (AvgIpc) is 2.47. The van der Waals surface area contributed by atoms with E-state index in [0.29, 0.717) is 0 Å². The van der Waals surface area contributed by atoms with E-state index in [9.17, 15) is 27.9 Å². The number of hydrogen-bond acceptors (Lipinski definition) is 2. The summed E-state index contributed by atoms with van der Waals surface area (Å²) in [5.74, 6) is -5.70. The molecule has 1 aromatic rings. The molecule has 0 bridgehead atoms. The highest BCUT2D eigenvalue weighted by Crippen LogP contribution is 2.36.